The number of likely N-dealkylation sites (N-methyl/N-ethyl adjacent to an activating group) is 1. The van der Waals surface area contributed by atoms with Gasteiger partial charge in [0.2, 0.25) is 0 Å². The molecule has 0 spiro atoms. The van der Waals surface area contributed by atoms with Crippen LogP contribution in [0.5, 0.6) is 0 Å². The van der Waals surface area contributed by atoms with Gasteiger partial charge in [0.25, 0.3) is 0 Å². The van der Waals surface area contributed by atoms with Crippen LogP contribution >= 0.6 is 15.9 Å². The van der Waals surface area contributed by atoms with Gasteiger partial charge in [0.1, 0.15) is 5.82 Å². The lowest BCUT2D eigenvalue weighted by Gasteiger charge is -2.17. The minimum atomic E-state index is -0.220. The summed E-state index contributed by atoms with van der Waals surface area (Å²) in [6.45, 7) is 6.96. The lowest BCUT2D eigenvalue weighted by Crippen LogP contribution is -2.19. The Morgan fingerprint density at radius 2 is 2.19 bits per heavy atom. The number of hydrogen-bond donors (Lipinski definition) is 1. The summed E-state index contributed by atoms with van der Waals surface area (Å²) in [6.07, 6.45) is 2.10. The molecule has 0 aromatic heterocycles. The van der Waals surface area contributed by atoms with Crippen molar-refractivity contribution in [1.29, 1.82) is 0 Å². The van der Waals surface area contributed by atoms with Crippen LogP contribution in [0, 0.1) is 5.82 Å². The second kappa shape index (κ2) is 6.16. The van der Waals surface area contributed by atoms with Gasteiger partial charge in [-0.1, -0.05) is 30.7 Å². The quantitative estimate of drug-likeness (QED) is 0.818. The van der Waals surface area contributed by atoms with Gasteiger partial charge in [0.15, 0.2) is 0 Å². The van der Waals surface area contributed by atoms with E-state index in [9.17, 15) is 4.39 Å². The van der Waals surface area contributed by atoms with E-state index in [0.717, 1.165) is 12.1 Å². The maximum Gasteiger partial charge on any atom is 0.137 e. The lowest BCUT2D eigenvalue weighted by molar-refractivity contribution is 0.600. The van der Waals surface area contributed by atoms with Crippen molar-refractivity contribution in [3.8, 4) is 0 Å². The molecule has 1 unspecified atom stereocenters. The zero-order valence-electron chi connectivity index (χ0n) is 9.85. The SMILES string of the molecule is CCNC(C=C(C)C)c1cccc(F)c1Br. The van der Waals surface area contributed by atoms with Crippen LogP contribution in [0.2, 0.25) is 0 Å². The molecule has 0 fully saturated rings. The summed E-state index contributed by atoms with van der Waals surface area (Å²) in [7, 11) is 0. The third kappa shape index (κ3) is 3.42. The summed E-state index contributed by atoms with van der Waals surface area (Å²) in [4.78, 5) is 0. The molecule has 0 radical (unpaired) electrons. The van der Waals surface area contributed by atoms with Crippen LogP contribution in [0.3, 0.4) is 0 Å². The smallest absolute Gasteiger partial charge is 0.137 e. The van der Waals surface area contributed by atoms with Crippen molar-refractivity contribution in [1.82, 2.24) is 5.32 Å². The third-order valence-electron chi connectivity index (χ3n) is 2.24. The molecular formula is C13H17BrFN. The van der Waals surface area contributed by atoms with Crippen molar-refractivity contribution < 1.29 is 4.39 Å². The van der Waals surface area contributed by atoms with E-state index in [1.807, 2.05) is 26.8 Å². The number of benzene rings is 1. The van der Waals surface area contributed by atoms with Crippen LogP contribution in [0.25, 0.3) is 0 Å². The molecule has 1 N–H and O–H groups in total. The van der Waals surface area contributed by atoms with Crippen molar-refractivity contribution in [2.24, 2.45) is 0 Å². The highest BCUT2D eigenvalue weighted by molar-refractivity contribution is 9.10. The van der Waals surface area contributed by atoms with Crippen LogP contribution in [0.15, 0.2) is 34.3 Å². The summed E-state index contributed by atoms with van der Waals surface area (Å²) in [5, 5.41) is 3.33. The van der Waals surface area contributed by atoms with Crippen molar-refractivity contribution in [3.63, 3.8) is 0 Å². The Hall–Kier alpha value is -0.670. The normalized spacial score (nSPS) is 12.3. The van der Waals surface area contributed by atoms with Crippen molar-refractivity contribution in [2.45, 2.75) is 26.8 Å². The van der Waals surface area contributed by atoms with E-state index in [0.29, 0.717) is 4.47 Å². The molecule has 88 valence electrons. The molecule has 0 heterocycles. The van der Waals surface area contributed by atoms with Gasteiger partial charge in [-0.05, 0) is 48.0 Å². The Kier molecular flexibility index (Phi) is 5.16. The topological polar surface area (TPSA) is 12.0 Å². The fourth-order valence-electron chi connectivity index (χ4n) is 1.57. The summed E-state index contributed by atoms with van der Waals surface area (Å²) >= 11 is 3.30. The van der Waals surface area contributed by atoms with Gasteiger partial charge in [-0.2, -0.15) is 0 Å². The number of hydrogen-bond acceptors (Lipinski definition) is 1. The van der Waals surface area contributed by atoms with Crippen LogP contribution in [0.1, 0.15) is 32.4 Å². The van der Waals surface area contributed by atoms with E-state index < -0.39 is 0 Å². The number of nitrogens with one attached hydrogen (secondary N) is 1. The highest BCUT2D eigenvalue weighted by Crippen LogP contribution is 2.27. The standard InChI is InChI=1S/C13H17BrFN/c1-4-16-12(8-9(2)3)10-6-5-7-11(15)13(10)14/h5-8,12,16H,4H2,1-3H3. The fraction of sp³-hybridized carbons (Fsp3) is 0.385. The van der Waals surface area contributed by atoms with E-state index in [4.69, 9.17) is 0 Å². The average molecular weight is 286 g/mol. The minimum absolute atomic E-state index is 0.0556. The van der Waals surface area contributed by atoms with Crippen LogP contribution in [0.4, 0.5) is 4.39 Å². The highest BCUT2D eigenvalue weighted by atomic mass is 79.9. The van der Waals surface area contributed by atoms with Gasteiger partial charge in [-0.3, -0.25) is 0 Å². The van der Waals surface area contributed by atoms with Gasteiger partial charge in [-0.15, -0.1) is 0 Å². The molecule has 1 nitrogen and oxygen atoms in total. The van der Waals surface area contributed by atoms with Gasteiger partial charge < -0.3 is 5.32 Å². The fourth-order valence-corrected chi connectivity index (χ4v) is 2.08. The molecule has 0 amide bonds. The Morgan fingerprint density at radius 1 is 1.50 bits per heavy atom. The second-order valence-electron chi connectivity index (χ2n) is 3.92. The van der Waals surface area contributed by atoms with E-state index >= 15 is 0 Å². The van der Waals surface area contributed by atoms with Crippen molar-refractivity contribution in [3.05, 3.63) is 45.7 Å². The predicted molar refractivity (Wildman–Crippen MR) is 69.9 cm³/mol. The zero-order valence-corrected chi connectivity index (χ0v) is 11.4. The first kappa shape index (κ1) is 13.4. The van der Waals surface area contributed by atoms with Gasteiger partial charge in [0, 0.05) is 0 Å². The highest BCUT2D eigenvalue weighted by Gasteiger charge is 2.13. The molecule has 0 bridgehead atoms. The van der Waals surface area contributed by atoms with Crippen LogP contribution < -0.4 is 5.32 Å². The van der Waals surface area contributed by atoms with E-state index in [1.54, 1.807) is 6.07 Å². The number of halogens is 2. The first-order valence-corrected chi connectivity index (χ1v) is 6.17. The Labute approximate surface area is 105 Å². The van der Waals surface area contributed by atoms with Gasteiger partial charge >= 0.3 is 0 Å². The first-order chi connectivity index (χ1) is 7.56. The number of rotatable bonds is 4. The van der Waals surface area contributed by atoms with Crippen LogP contribution in [-0.2, 0) is 0 Å². The molecule has 1 atom stereocenters. The van der Waals surface area contributed by atoms with Crippen molar-refractivity contribution in [2.75, 3.05) is 6.54 Å². The molecule has 16 heavy (non-hydrogen) atoms. The molecule has 1 aromatic carbocycles. The van der Waals surface area contributed by atoms with E-state index in [2.05, 4.69) is 27.3 Å². The predicted octanol–water partition coefficient (Wildman–Crippen LogP) is 4.21. The molecule has 1 rings (SSSR count). The maximum atomic E-state index is 13.4. The monoisotopic (exact) mass is 285 g/mol. The molecular weight excluding hydrogens is 269 g/mol. The zero-order chi connectivity index (χ0) is 12.1. The molecule has 0 aliphatic heterocycles. The van der Waals surface area contributed by atoms with Gasteiger partial charge in [-0.25, -0.2) is 4.39 Å². The van der Waals surface area contributed by atoms with Crippen molar-refractivity contribution >= 4 is 15.9 Å². The molecule has 0 aliphatic rings. The Morgan fingerprint density at radius 3 is 2.75 bits per heavy atom. The summed E-state index contributed by atoms with van der Waals surface area (Å²) in [5.74, 6) is -0.220. The first-order valence-electron chi connectivity index (χ1n) is 5.38. The summed E-state index contributed by atoms with van der Waals surface area (Å²) in [6, 6.07) is 5.18. The third-order valence-corrected chi connectivity index (χ3v) is 3.08. The molecule has 0 aliphatic carbocycles. The Bertz CT molecular complexity index is 384. The summed E-state index contributed by atoms with van der Waals surface area (Å²) < 4.78 is 14.0. The van der Waals surface area contributed by atoms with Gasteiger partial charge in [0.05, 0.1) is 10.5 Å². The number of allylic oxidation sites excluding steroid dienone is 1. The second-order valence-corrected chi connectivity index (χ2v) is 4.72. The molecule has 3 heteroatoms. The average Bonchev–Trinajstić information content (AvgIpc) is 2.21. The molecule has 1 aromatic rings. The Balaban J connectivity index is 3.10. The molecule has 0 saturated heterocycles. The van der Waals surface area contributed by atoms with E-state index in [-0.39, 0.29) is 11.9 Å². The maximum absolute atomic E-state index is 13.4. The lowest BCUT2D eigenvalue weighted by atomic mass is 10.0. The molecule has 0 saturated carbocycles. The largest absolute Gasteiger partial charge is 0.307 e. The van der Waals surface area contributed by atoms with E-state index in [1.165, 1.54) is 11.6 Å². The minimum Gasteiger partial charge on any atom is -0.307 e. The summed E-state index contributed by atoms with van der Waals surface area (Å²) in [5.41, 5.74) is 2.14. The van der Waals surface area contributed by atoms with Crippen LogP contribution in [-0.4, -0.2) is 6.54 Å².